The van der Waals surface area contributed by atoms with Crippen molar-refractivity contribution >= 4 is 27.7 Å². The number of H-pyrrole nitrogens is 1. The highest BCUT2D eigenvalue weighted by Crippen LogP contribution is 2.20. The Hall–Kier alpha value is -1.77. The zero-order valence-corrected chi connectivity index (χ0v) is 15.4. The summed E-state index contributed by atoms with van der Waals surface area (Å²) >= 11 is 1.75. The quantitative estimate of drug-likeness (QED) is 0.801. The molecule has 0 bridgehead atoms. The van der Waals surface area contributed by atoms with Crippen LogP contribution in [0, 0.1) is 0 Å². The zero-order valence-electron chi connectivity index (χ0n) is 13.8. The van der Waals surface area contributed by atoms with Crippen LogP contribution in [-0.2, 0) is 16.4 Å². The predicted molar refractivity (Wildman–Crippen MR) is 99.4 cm³/mol. The molecule has 1 fully saturated rings. The summed E-state index contributed by atoms with van der Waals surface area (Å²) in [6, 6.07) is 11.3. The monoisotopic (exact) mass is 379 g/mol. The van der Waals surface area contributed by atoms with Crippen LogP contribution in [0.15, 0.2) is 47.5 Å². The number of nitrogens with zero attached hydrogens (tertiary/aromatic N) is 1. The smallest absolute Gasteiger partial charge is 0.267 e. The maximum atomic E-state index is 12.6. The van der Waals surface area contributed by atoms with E-state index in [-0.39, 0.29) is 16.5 Å². The normalized spacial score (nSPS) is 15.8. The van der Waals surface area contributed by atoms with Gasteiger partial charge in [0.1, 0.15) is 10.6 Å². The van der Waals surface area contributed by atoms with Crippen molar-refractivity contribution in [3.8, 4) is 0 Å². The van der Waals surface area contributed by atoms with Gasteiger partial charge in [-0.05, 0) is 18.1 Å². The first-order chi connectivity index (χ1) is 12.1. The van der Waals surface area contributed by atoms with E-state index in [1.807, 2.05) is 30.3 Å². The van der Waals surface area contributed by atoms with E-state index in [0.717, 1.165) is 23.5 Å². The first-order valence-corrected chi connectivity index (χ1v) is 10.8. The Morgan fingerprint density at radius 1 is 1.20 bits per heavy atom. The van der Waals surface area contributed by atoms with Gasteiger partial charge in [-0.1, -0.05) is 30.3 Å². The van der Waals surface area contributed by atoms with E-state index >= 15 is 0 Å². The minimum atomic E-state index is -3.53. The molecule has 1 aromatic heterocycles. The molecule has 1 aliphatic rings. The molecule has 25 heavy (non-hydrogen) atoms. The molecule has 8 heteroatoms. The minimum Gasteiger partial charge on any atom is -0.356 e. The lowest BCUT2D eigenvalue weighted by atomic mass is 10.1. The summed E-state index contributed by atoms with van der Waals surface area (Å²) in [7, 11) is -3.53. The molecule has 0 atom stereocenters. The number of aromatic nitrogens is 1. The van der Waals surface area contributed by atoms with Gasteiger partial charge in [0.2, 0.25) is 10.0 Å². The third-order valence-corrected chi connectivity index (χ3v) is 6.87. The number of carbonyl (C=O) groups excluding carboxylic acids is 1. The van der Waals surface area contributed by atoms with Crippen LogP contribution in [0.3, 0.4) is 0 Å². The Balaban J connectivity index is 1.59. The molecule has 1 amide bonds. The number of rotatable bonds is 6. The summed E-state index contributed by atoms with van der Waals surface area (Å²) in [6.45, 7) is 1.51. The molecule has 0 spiro atoms. The van der Waals surface area contributed by atoms with Crippen molar-refractivity contribution in [1.82, 2.24) is 14.6 Å². The number of nitrogens with one attached hydrogen (secondary N) is 2. The first kappa shape index (κ1) is 18.0. The van der Waals surface area contributed by atoms with Crippen LogP contribution in [-0.4, -0.2) is 54.8 Å². The van der Waals surface area contributed by atoms with Crippen molar-refractivity contribution in [2.45, 2.75) is 11.3 Å². The fourth-order valence-corrected chi connectivity index (χ4v) is 5.22. The van der Waals surface area contributed by atoms with Crippen LogP contribution in [0.5, 0.6) is 0 Å². The van der Waals surface area contributed by atoms with Gasteiger partial charge in [-0.25, -0.2) is 8.42 Å². The average molecular weight is 380 g/mol. The van der Waals surface area contributed by atoms with Crippen LogP contribution < -0.4 is 5.32 Å². The molecule has 1 aliphatic heterocycles. The third kappa shape index (κ3) is 4.45. The number of thioether (sulfide) groups is 1. The van der Waals surface area contributed by atoms with Gasteiger partial charge in [-0.3, -0.25) is 4.79 Å². The summed E-state index contributed by atoms with van der Waals surface area (Å²) in [5.74, 6) is 1.30. The molecular weight excluding hydrogens is 358 g/mol. The number of aromatic amines is 1. The van der Waals surface area contributed by atoms with E-state index in [1.165, 1.54) is 16.6 Å². The van der Waals surface area contributed by atoms with Crippen molar-refractivity contribution in [1.29, 1.82) is 0 Å². The topological polar surface area (TPSA) is 82.3 Å². The van der Waals surface area contributed by atoms with E-state index < -0.39 is 10.0 Å². The molecule has 2 N–H and O–H groups in total. The molecule has 2 heterocycles. The summed E-state index contributed by atoms with van der Waals surface area (Å²) in [5, 5.41) is 2.81. The number of sulfonamides is 1. The zero-order chi connectivity index (χ0) is 17.7. The Morgan fingerprint density at radius 3 is 2.64 bits per heavy atom. The molecule has 6 nitrogen and oxygen atoms in total. The van der Waals surface area contributed by atoms with Crippen molar-refractivity contribution in [2.24, 2.45) is 0 Å². The van der Waals surface area contributed by atoms with Crippen molar-refractivity contribution < 1.29 is 13.2 Å². The number of amides is 1. The van der Waals surface area contributed by atoms with Crippen LogP contribution in [0.1, 0.15) is 16.1 Å². The lowest BCUT2D eigenvalue weighted by Crippen LogP contribution is -2.37. The Kier molecular flexibility index (Phi) is 5.82. The van der Waals surface area contributed by atoms with E-state index in [1.54, 1.807) is 11.8 Å². The molecule has 3 rings (SSSR count). The maximum absolute atomic E-state index is 12.6. The van der Waals surface area contributed by atoms with E-state index in [2.05, 4.69) is 10.3 Å². The highest BCUT2D eigenvalue weighted by atomic mass is 32.2. The molecular formula is C17H21N3O3S2. The van der Waals surface area contributed by atoms with Gasteiger partial charge in [0, 0.05) is 37.3 Å². The number of carbonyl (C=O) groups is 1. The maximum Gasteiger partial charge on any atom is 0.267 e. The van der Waals surface area contributed by atoms with Gasteiger partial charge in [-0.2, -0.15) is 16.1 Å². The summed E-state index contributed by atoms with van der Waals surface area (Å²) in [5.41, 5.74) is 1.40. The largest absolute Gasteiger partial charge is 0.356 e. The lowest BCUT2D eigenvalue weighted by Gasteiger charge is -2.24. The summed E-state index contributed by atoms with van der Waals surface area (Å²) in [6.07, 6.45) is 2.12. The second-order valence-electron chi connectivity index (χ2n) is 5.76. The summed E-state index contributed by atoms with van der Waals surface area (Å²) < 4.78 is 26.7. The van der Waals surface area contributed by atoms with E-state index in [9.17, 15) is 13.2 Å². The van der Waals surface area contributed by atoms with Gasteiger partial charge in [0.25, 0.3) is 5.91 Å². The van der Waals surface area contributed by atoms with Gasteiger partial charge >= 0.3 is 0 Å². The van der Waals surface area contributed by atoms with Gasteiger partial charge in [0.15, 0.2) is 0 Å². The molecule has 1 saturated heterocycles. The standard InChI is InChI=1S/C17H21N3O3S2/c21-17(18-7-6-14-4-2-1-3-5-14)16-12-15(13-19-16)25(22,23)20-8-10-24-11-9-20/h1-5,12-13,19H,6-11H2,(H,18,21). The van der Waals surface area contributed by atoms with Crippen LogP contribution in [0.4, 0.5) is 0 Å². The Morgan fingerprint density at radius 2 is 1.92 bits per heavy atom. The number of benzene rings is 1. The van der Waals surface area contributed by atoms with Crippen molar-refractivity contribution in [2.75, 3.05) is 31.1 Å². The molecule has 0 saturated carbocycles. The van der Waals surface area contributed by atoms with Gasteiger partial charge in [0.05, 0.1) is 0 Å². The molecule has 134 valence electrons. The van der Waals surface area contributed by atoms with Crippen LogP contribution in [0.25, 0.3) is 0 Å². The van der Waals surface area contributed by atoms with Crippen LogP contribution in [0.2, 0.25) is 0 Å². The molecule has 0 unspecified atom stereocenters. The molecule has 0 aliphatic carbocycles. The van der Waals surface area contributed by atoms with E-state index in [0.29, 0.717) is 19.6 Å². The number of hydrogen-bond acceptors (Lipinski definition) is 4. The molecule has 1 aromatic carbocycles. The SMILES string of the molecule is O=C(NCCc1ccccc1)c1cc(S(=O)(=O)N2CCSCC2)c[nH]1. The lowest BCUT2D eigenvalue weighted by molar-refractivity contribution is 0.0949. The highest BCUT2D eigenvalue weighted by molar-refractivity contribution is 7.99. The number of hydrogen-bond donors (Lipinski definition) is 2. The Labute approximate surface area is 152 Å². The fraction of sp³-hybridized carbons (Fsp3) is 0.353. The van der Waals surface area contributed by atoms with Gasteiger partial charge < -0.3 is 10.3 Å². The highest BCUT2D eigenvalue weighted by Gasteiger charge is 2.27. The second kappa shape index (κ2) is 8.07. The second-order valence-corrected chi connectivity index (χ2v) is 8.92. The first-order valence-electron chi connectivity index (χ1n) is 8.16. The van der Waals surface area contributed by atoms with Gasteiger partial charge in [-0.15, -0.1) is 0 Å². The molecule has 0 radical (unpaired) electrons. The Bertz CT molecular complexity index is 813. The predicted octanol–water partition coefficient (Wildman–Crippen LogP) is 1.72. The van der Waals surface area contributed by atoms with Crippen molar-refractivity contribution in [3.05, 3.63) is 53.9 Å². The minimum absolute atomic E-state index is 0.146. The fourth-order valence-electron chi connectivity index (χ4n) is 2.65. The average Bonchev–Trinajstić information content (AvgIpc) is 3.14. The summed E-state index contributed by atoms with van der Waals surface area (Å²) in [4.78, 5) is 15.1. The van der Waals surface area contributed by atoms with E-state index in [4.69, 9.17) is 0 Å². The molecule has 2 aromatic rings. The van der Waals surface area contributed by atoms with Crippen LogP contribution >= 0.6 is 11.8 Å². The van der Waals surface area contributed by atoms with Crippen molar-refractivity contribution in [3.63, 3.8) is 0 Å². The third-order valence-electron chi connectivity index (χ3n) is 4.05.